The number of H-pyrrole nitrogens is 1. The number of benzene rings is 1. The van der Waals surface area contributed by atoms with Crippen molar-refractivity contribution in [1.29, 1.82) is 0 Å². The monoisotopic (exact) mass is 332 g/mol. The fourth-order valence-corrected chi connectivity index (χ4v) is 2.00. The first-order chi connectivity index (χ1) is 10.9. The molecule has 0 radical (unpaired) electrons. The second kappa shape index (κ2) is 7.42. The second-order valence-electron chi connectivity index (χ2n) is 4.74. The Bertz CT molecular complexity index is 654. The molecular formula is C14H15F3N2O4. The van der Waals surface area contributed by atoms with Crippen molar-refractivity contribution in [3.63, 3.8) is 0 Å². The van der Waals surface area contributed by atoms with Gasteiger partial charge in [0.1, 0.15) is 5.69 Å². The molecule has 6 nitrogen and oxygen atoms in total. The first kappa shape index (κ1) is 17.2. The molecule has 0 saturated carbocycles. The van der Waals surface area contributed by atoms with Gasteiger partial charge in [-0.15, -0.1) is 0 Å². The van der Waals surface area contributed by atoms with Gasteiger partial charge < -0.3 is 14.6 Å². The van der Waals surface area contributed by atoms with Gasteiger partial charge in [-0.3, -0.25) is 9.89 Å². The lowest BCUT2D eigenvalue weighted by Gasteiger charge is -2.09. The predicted molar refractivity (Wildman–Crippen MR) is 74.1 cm³/mol. The largest absolute Gasteiger partial charge is 0.481 e. The van der Waals surface area contributed by atoms with Gasteiger partial charge in [-0.2, -0.15) is 18.3 Å². The van der Waals surface area contributed by atoms with Crippen molar-refractivity contribution < 1.29 is 32.5 Å². The lowest BCUT2D eigenvalue weighted by Crippen LogP contribution is -2.16. The topological polar surface area (TPSA) is 84.4 Å². The average molecular weight is 332 g/mol. The molecule has 9 heteroatoms. The molecule has 0 unspecified atom stereocenters. The minimum absolute atomic E-state index is 0.115. The van der Waals surface area contributed by atoms with E-state index in [4.69, 9.17) is 14.6 Å². The zero-order chi connectivity index (χ0) is 16.9. The zero-order valence-corrected chi connectivity index (χ0v) is 12.0. The van der Waals surface area contributed by atoms with Gasteiger partial charge in [-0.1, -0.05) is 6.07 Å². The molecule has 1 aromatic heterocycles. The third-order valence-electron chi connectivity index (χ3n) is 3.00. The first-order valence-corrected chi connectivity index (χ1v) is 6.79. The molecule has 1 aliphatic rings. The number of nitrogens with one attached hydrogen (secondary N) is 1. The van der Waals surface area contributed by atoms with E-state index in [1.165, 1.54) is 18.2 Å². The number of carboxylic acid groups (broad SMARTS) is 1. The van der Waals surface area contributed by atoms with Crippen molar-refractivity contribution in [1.82, 2.24) is 10.2 Å². The number of aliphatic carboxylic acids is 1. The third-order valence-corrected chi connectivity index (χ3v) is 3.00. The first-order valence-electron chi connectivity index (χ1n) is 6.79. The van der Waals surface area contributed by atoms with Gasteiger partial charge in [-0.25, -0.2) is 0 Å². The van der Waals surface area contributed by atoms with Crippen LogP contribution in [0.3, 0.4) is 0 Å². The van der Waals surface area contributed by atoms with Crippen molar-refractivity contribution in [2.45, 2.75) is 12.6 Å². The predicted octanol–water partition coefficient (Wildman–Crippen LogP) is 2.24. The third kappa shape index (κ3) is 4.93. The molecule has 1 aromatic carbocycles. The highest BCUT2D eigenvalue weighted by Gasteiger charge is 2.35. The fourth-order valence-electron chi connectivity index (χ4n) is 2.00. The Morgan fingerprint density at radius 1 is 1.22 bits per heavy atom. The van der Waals surface area contributed by atoms with Crippen LogP contribution < -0.4 is 0 Å². The lowest BCUT2D eigenvalue weighted by molar-refractivity contribution is -0.140. The molecule has 0 amide bonds. The van der Waals surface area contributed by atoms with Crippen molar-refractivity contribution in [2.24, 2.45) is 0 Å². The van der Waals surface area contributed by atoms with Gasteiger partial charge in [0.2, 0.25) is 0 Å². The number of rotatable bonds is 2. The van der Waals surface area contributed by atoms with E-state index in [1.807, 2.05) is 5.10 Å². The van der Waals surface area contributed by atoms with Crippen LogP contribution in [0.4, 0.5) is 13.2 Å². The Morgan fingerprint density at radius 3 is 2.30 bits per heavy atom. The minimum atomic E-state index is -4.53. The van der Waals surface area contributed by atoms with Crippen LogP contribution in [0, 0.1) is 0 Å². The summed E-state index contributed by atoms with van der Waals surface area (Å²) in [6.45, 7) is 3.11. The molecule has 23 heavy (non-hydrogen) atoms. The highest BCUT2D eigenvalue weighted by Crippen LogP contribution is 2.33. The van der Waals surface area contributed by atoms with Crippen LogP contribution in [0.25, 0.3) is 10.9 Å². The Labute approximate surface area is 129 Å². The highest BCUT2D eigenvalue weighted by molar-refractivity contribution is 5.83. The number of alkyl halides is 3. The normalized spacial score (nSPS) is 15.1. The SMILES string of the molecule is C1COCCO1.O=C(O)Cc1ccc2n[nH]c(C(F)(F)F)c2c1. The second-order valence-corrected chi connectivity index (χ2v) is 4.74. The molecular weight excluding hydrogens is 317 g/mol. The summed E-state index contributed by atoms with van der Waals surface area (Å²) in [7, 11) is 0. The molecule has 126 valence electrons. The zero-order valence-electron chi connectivity index (χ0n) is 12.0. The van der Waals surface area contributed by atoms with Crippen LogP contribution in [-0.2, 0) is 26.9 Å². The number of carboxylic acids is 1. The molecule has 1 fully saturated rings. The Hall–Kier alpha value is -2.13. The van der Waals surface area contributed by atoms with Gasteiger partial charge in [0, 0.05) is 5.39 Å². The highest BCUT2D eigenvalue weighted by atomic mass is 19.4. The van der Waals surface area contributed by atoms with Crippen LogP contribution in [0.2, 0.25) is 0 Å². The molecule has 1 saturated heterocycles. The molecule has 0 bridgehead atoms. The average Bonchev–Trinajstić information content (AvgIpc) is 2.92. The maximum Gasteiger partial charge on any atom is 0.433 e. The molecule has 0 atom stereocenters. The summed E-state index contributed by atoms with van der Waals surface area (Å²) in [6.07, 6.45) is -4.85. The standard InChI is InChI=1S/C10H7F3N2O2.C4H8O2/c11-10(12,13)9-6-3-5(4-8(16)17)1-2-7(6)14-15-9;1-2-6-4-3-5-1/h1-3H,4H2,(H,14,15)(H,16,17);1-4H2. The van der Waals surface area contributed by atoms with Crippen LogP contribution >= 0.6 is 0 Å². The van der Waals surface area contributed by atoms with E-state index >= 15 is 0 Å². The summed E-state index contributed by atoms with van der Waals surface area (Å²) in [5.41, 5.74) is -0.497. The number of halogens is 3. The number of fused-ring (bicyclic) bond motifs is 1. The number of aromatic amines is 1. The number of nitrogens with zero attached hydrogens (tertiary/aromatic N) is 1. The molecule has 3 rings (SSSR count). The Kier molecular flexibility index (Phi) is 5.56. The summed E-state index contributed by atoms with van der Waals surface area (Å²) in [4.78, 5) is 10.5. The van der Waals surface area contributed by atoms with E-state index in [0.29, 0.717) is 5.56 Å². The summed E-state index contributed by atoms with van der Waals surface area (Å²) >= 11 is 0. The molecule has 0 spiro atoms. The Balaban J connectivity index is 0.000000268. The number of ether oxygens (including phenoxy) is 2. The van der Waals surface area contributed by atoms with E-state index in [1.54, 1.807) is 0 Å². The Morgan fingerprint density at radius 2 is 1.83 bits per heavy atom. The van der Waals surface area contributed by atoms with Crippen LogP contribution in [0.5, 0.6) is 0 Å². The summed E-state index contributed by atoms with van der Waals surface area (Å²) in [5.74, 6) is -1.10. The maximum absolute atomic E-state index is 12.6. The van der Waals surface area contributed by atoms with Crippen LogP contribution in [0.1, 0.15) is 11.3 Å². The van der Waals surface area contributed by atoms with Crippen molar-refractivity contribution in [3.05, 3.63) is 29.5 Å². The van der Waals surface area contributed by atoms with Crippen LogP contribution in [0.15, 0.2) is 18.2 Å². The summed E-state index contributed by atoms with van der Waals surface area (Å²) < 4.78 is 47.6. The molecule has 2 heterocycles. The number of carbonyl (C=O) groups is 1. The molecule has 2 aromatic rings. The van der Waals surface area contributed by atoms with Crippen molar-refractivity contribution >= 4 is 16.9 Å². The summed E-state index contributed by atoms with van der Waals surface area (Å²) in [5, 5.41) is 13.9. The molecule has 2 N–H and O–H groups in total. The van der Waals surface area contributed by atoms with Crippen molar-refractivity contribution in [2.75, 3.05) is 26.4 Å². The van der Waals surface area contributed by atoms with E-state index in [2.05, 4.69) is 5.10 Å². The molecule has 0 aliphatic carbocycles. The van der Waals surface area contributed by atoms with Gasteiger partial charge in [0.25, 0.3) is 0 Å². The smallest absolute Gasteiger partial charge is 0.433 e. The van der Waals surface area contributed by atoms with E-state index in [9.17, 15) is 18.0 Å². The number of hydrogen-bond acceptors (Lipinski definition) is 4. The van der Waals surface area contributed by atoms with Gasteiger partial charge in [-0.05, 0) is 17.7 Å². The fraction of sp³-hybridized carbons (Fsp3) is 0.429. The van der Waals surface area contributed by atoms with Gasteiger partial charge in [0.05, 0.1) is 38.4 Å². The van der Waals surface area contributed by atoms with E-state index < -0.39 is 17.8 Å². The maximum atomic E-state index is 12.6. The number of aromatic nitrogens is 2. The van der Waals surface area contributed by atoms with Gasteiger partial charge in [0.15, 0.2) is 0 Å². The molecule has 1 aliphatic heterocycles. The summed E-state index contributed by atoms with van der Waals surface area (Å²) in [6, 6.07) is 3.99. The lowest BCUT2D eigenvalue weighted by atomic mass is 10.1. The van der Waals surface area contributed by atoms with Crippen LogP contribution in [-0.4, -0.2) is 47.7 Å². The number of hydrogen-bond donors (Lipinski definition) is 2. The quantitative estimate of drug-likeness (QED) is 0.881. The minimum Gasteiger partial charge on any atom is -0.481 e. The van der Waals surface area contributed by atoms with E-state index in [0.717, 1.165) is 26.4 Å². The van der Waals surface area contributed by atoms with Gasteiger partial charge >= 0.3 is 12.1 Å². The van der Waals surface area contributed by atoms with E-state index in [-0.39, 0.29) is 17.3 Å². The van der Waals surface area contributed by atoms with Crippen molar-refractivity contribution in [3.8, 4) is 0 Å².